The zero-order valence-electron chi connectivity index (χ0n) is 15.3. The van der Waals surface area contributed by atoms with E-state index in [1.165, 1.54) is 6.20 Å². The number of pyridine rings is 1. The van der Waals surface area contributed by atoms with Gasteiger partial charge >= 0.3 is 12.2 Å². The van der Waals surface area contributed by atoms with Gasteiger partial charge in [-0.1, -0.05) is 60.7 Å². The number of hydrogen-bond acceptors (Lipinski definition) is 5. The molecule has 29 heavy (non-hydrogen) atoms. The summed E-state index contributed by atoms with van der Waals surface area (Å²) in [6.07, 6.45) is 0.131. The molecule has 0 aliphatic rings. The van der Waals surface area contributed by atoms with Gasteiger partial charge in [0.1, 0.15) is 13.2 Å². The lowest BCUT2D eigenvalue weighted by Crippen LogP contribution is -2.19. The van der Waals surface area contributed by atoms with Gasteiger partial charge in [0.25, 0.3) is 0 Å². The Balaban J connectivity index is 1.58. The van der Waals surface area contributed by atoms with Gasteiger partial charge in [0.2, 0.25) is 0 Å². The molecule has 0 atom stereocenters. The highest BCUT2D eigenvalue weighted by Gasteiger charge is 2.13. The predicted octanol–water partition coefficient (Wildman–Crippen LogP) is 5.34. The minimum Gasteiger partial charge on any atom is -0.444 e. The Labute approximate surface area is 176 Å². The molecular formula is C21H18BrN3O4. The average Bonchev–Trinajstić information content (AvgIpc) is 2.74. The minimum atomic E-state index is -0.690. The Hall–Kier alpha value is -3.39. The number of nitrogens with one attached hydrogen (secondary N) is 2. The van der Waals surface area contributed by atoms with E-state index >= 15 is 0 Å². The highest BCUT2D eigenvalue weighted by Crippen LogP contribution is 2.24. The summed E-state index contributed by atoms with van der Waals surface area (Å²) < 4.78 is 11.0. The fourth-order valence-corrected chi connectivity index (χ4v) is 2.69. The van der Waals surface area contributed by atoms with E-state index in [2.05, 4.69) is 31.5 Å². The van der Waals surface area contributed by atoms with Crippen LogP contribution in [-0.2, 0) is 22.7 Å². The normalized spacial score (nSPS) is 10.1. The molecule has 0 unspecified atom stereocenters. The Morgan fingerprint density at radius 3 is 1.90 bits per heavy atom. The number of aromatic nitrogens is 1. The minimum absolute atomic E-state index is 0.116. The van der Waals surface area contributed by atoms with Crippen molar-refractivity contribution >= 4 is 39.6 Å². The zero-order chi connectivity index (χ0) is 20.5. The molecule has 0 saturated carbocycles. The SMILES string of the molecule is O=C(Nc1cc(Br)cnc1NC(=O)OCc1ccccc1)OCc1ccccc1. The van der Waals surface area contributed by atoms with Gasteiger partial charge < -0.3 is 9.47 Å². The smallest absolute Gasteiger partial charge is 0.413 e. The second-order valence-electron chi connectivity index (χ2n) is 5.92. The molecule has 7 nitrogen and oxygen atoms in total. The first-order valence-corrected chi connectivity index (χ1v) is 9.50. The van der Waals surface area contributed by atoms with Crippen molar-refractivity contribution in [1.29, 1.82) is 0 Å². The number of benzene rings is 2. The fourth-order valence-electron chi connectivity index (χ4n) is 2.36. The molecule has 0 radical (unpaired) electrons. The Morgan fingerprint density at radius 1 is 0.828 bits per heavy atom. The first-order valence-electron chi connectivity index (χ1n) is 8.71. The molecule has 1 aromatic heterocycles. The van der Waals surface area contributed by atoms with Gasteiger partial charge in [-0.15, -0.1) is 0 Å². The van der Waals surface area contributed by atoms with Crippen molar-refractivity contribution in [3.63, 3.8) is 0 Å². The molecule has 2 N–H and O–H groups in total. The standard InChI is InChI=1S/C21H18BrN3O4/c22-17-11-18(24-20(26)28-13-15-7-3-1-4-8-15)19(23-12-17)25-21(27)29-14-16-9-5-2-6-10-16/h1-12H,13-14H2,(H,24,26)(H,23,25,27). The predicted molar refractivity (Wildman–Crippen MR) is 112 cm³/mol. The summed E-state index contributed by atoms with van der Waals surface area (Å²) in [5.41, 5.74) is 1.99. The van der Waals surface area contributed by atoms with Gasteiger partial charge in [-0.05, 0) is 33.1 Å². The second kappa shape index (κ2) is 10.2. The van der Waals surface area contributed by atoms with Gasteiger partial charge in [-0.2, -0.15) is 0 Å². The summed E-state index contributed by atoms with van der Waals surface area (Å²) in [6, 6.07) is 20.2. The molecule has 1 heterocycles. The summed E-state index contributed by atoms with van der Waals surface area (Å²) >= 11 is 3.29. The molecule has 148 valence electrons. The van der Waals surface area contributed by atoms with Crippen molar-refractivity contribution in [2.24, 2.45) is 0 Å². The number of halogens is 1. The number of ether oxygens (including phenoxy) is 2. The quantitative estimate of drug-likeness (QED) is 0.523. The maximum atomic E-state index is 12.1. The Kier molecular flexibility index (Phi) is 7.18. The first kappa shape index (κ1) is 20.3. The van der Waals surface area contributed by atoms with Crippen LogP contribution in [0.15, 0.2) is 77.4 Å². The maximum absolute atomic E-state index is 12.1. The van der Waals surface area contributed by atoms with E-state index in [0.29, 0.717) is 4.47 Å². The number of rotatable bonds is 6. The molecular weight excluding hydrogens is 438 g/mol. The van der Waals surface area contributed by atoms with E-state index < -0.39 is 12.2 Å². The van der Waals surface area contributed by atoms with Crippen molar-refractivity contribution < 1.29 is 19.1 Å². The van der Waals surface area contributed by atoms with Crippen LogP contribution in [0.25, 0.3) is 0 Å². The van der Waals surface area contributed by atoms with Crippen LogP contribution in [0.5, 0.6) is 0 Å². The fraction of sp³-hybridized carbons (Fsp3) is 0.0952. The van der Waals surface area contributed by atoms with Crippen LogP contribution in [0.1, 0.15) is 11.1 Å². The third-order valence-electron chi connectivity index (χ3n) is 3.74. The van der Waals surface area contributed by atoms with Crippen molar-refractivity contribution in [3.8, 4) is 0 Å². The van der Waals surface area contributed by atoms with Gasteiger partial charge in [0.15, 0.2) is 5.82 Å². The van der Waals surface area contributed by atoms with Gasteiger partial charge in [0, 0.05) is 10.7 Å². The molecule has 0 bridgehead atoms. The molecule has 0 aliphatic carbocycles. The third kappa shape index (κ3) is 6.62. The molecule has 2 amide bonds. The van der Waals surface area contributed by atoms with Crippen molar-refractivity contribution in [2.45, 2.75) is 13.2 Å². The Bertz CT molecular complexity index is 968. The maximum Gasteiger partial charge on any atom is 0.413 e. The van der Waals surface area contributed by atoms with Crippen molar-refractivity contribution in [1.82, 2.24) is 4.98 Å². The zero-order valence-corrected chi connectivity index (χ0v) is 16.9. The van der Waals surface area contributed by atoms with Crippen molar-refractivity contribution in [3.05, 3.63) is 88.5 Å². The molecule has 2 aromatic carbocycles. The highest BCUT2D eigenvalue weighted by atomic mass is 79.9. The van der Waals surface area contributed by atoms with E-state index in [-0.39, 0.29) is 24.7 Å². The van der Waals surface area contributed by atoms with E-state index in [0.717, 1.165) is 11.1 Å². The third-order valence-corrected chi connectivity index (χ3v) is 4.17. The summed E-state index contributed by atoms with van der Waals surface area (Å²) in [5.74, 6) is 0.142. The van der Waals surface area contributed by atoms with Crippen LogP contribution in [0.2, 0.25) is 0 Å². The molecule has 3 rings (SSSR count). The molecule has 0 fully saturated rings. The first-order chi connectivity index (χ1) is 14.1. The summed E-state index contributed by atoms with van der Waals surface area (Å²) in [6.45, 7) is 0.237. The lowest BCUT2D eigenvalue weighted by atomic mass is 10.2. The number of nitrogens with zero attached hydrogens (tertiary/aromatic N) is 1. The van der Waals surface area contributed by atoms with E-state index in [1.54, 1.807) is 6.07 Å². The van der Waals surface area contributed by atoms with Crippen LogP contribution in [0, 0.1) is 0 Å². The van der Waals surface area contributed by atoms with E-state index in [4.69, 9.17) is 9.47 Å². The largest absolute Gasteiger partial charge is 0.444 e. The van der Waals surface area contributed by atoms with Crippen LogP contribution in [0.3, 0.4) is 0 Å². The second-order valence-corrected chi connectivity index (χ2v) is 6.84. The lowest BCUT2D eigenvalue weighted by Gasteiger charge is -2.12. The highest BCUT2D eigenvalue weighted by molar-refractivity contribution is 9.10. The van der Waals surface area contributed by atoms with Crippen LogP contribution >= 0.6 is 15.9 Å². The van der Waals surface area contributed by atoms with Crippen molar-refractivity contribution in [2.75, 3.05) is 10.6 Å². The molecule has 3 aromatic rings. The molecule has 0 aliphatic heterocycles. The average molecular weight is 456 g/mol. The van der Waals surface area contributed by atoms with E-state index in [1.807, 2.05) is 60.7 Å². The number of carbonyl (C=O) groups is 2. The number of amides is 2. The molecule has 8 heteroatoms. The van der Waals surface area contributed by atoms with Gasteiger partial charge in [-0.3, -0.25) is 10.6 Å². The number of anilines is 2. The van der Waals surface area contributed by atoms with Crippen LogP contribution < -0.4 is 10.6 Å². The monoisotopic (exact) mass is 455 g/mol. The molecule has 0 saturated heterocycles. The Morgan fingerprint density at radius 2 is 1.34 bits per heavy atom. The molecule has 0 spiro atoms. The number of hydrogen-bond donors (Lipinski definition) is 2. The lowest BCUT2D eigenvalue weighted by molar-refractivity contribution is 0.153. The topological polar surface area (TPSA) is 89.6 Å². The summed E-state index contributed by atoms with van der Waals surface area (Å²) in [5, 5.41) is 5.10. The summed E-state index contributed by atoms with van der Waals surface area (Å²) in [4.78, 5) is 28.3. The van der Waals surface area contributed by atoms with Crippen LogP contribution in [-0.4, -0.2) is 17.2 Å². The number of carbonyl (C=O) groups excluding carboxylic acids is 2. The van der Waals surface area contributed by atoms with Gasteiger partial charge in [-0.25, -0.2) is 14.6 Å². The van der Waals surface area contributed by atoms with E-state index in [9.17, 15) is 9.59 Å². The van der Waals surface area contributed by atoms with Gasteiger partial charge in [0.05, 0.1) is 5.69 Å². The van der Waals surface area contributed by atoms with Crippen LogP contribution in [0.4, 0.5) is 21.1 Å². The summed E-state index contributed by atoms with van der Waals surface area (Å²) in [7, 11) is 0.